The van der Waals surface area contributed by atoms with Crippen LogP contribution in [0.1, 0.15) is 24.8 Å². The Morgan fingerprint density at radius 2 is 2.17 bits per heavy atom. The van der Waals surface area contributed by atoms with Gasteiger partial charge in [0.25, 0.3) is 0 Å². The molecule has 1 fully saturated rings. The number of carbonyl (C=O) groups is 1. The fourth-order valence-electron chi connectivity index (χ4n) is 2.97. The van der Waals surface area contributed by atoms with Gasteiger partial charge in [0.15, 0.2) is 0 Å². The molecule has 3 rings (SSSR count). The van der Waals surface area contributed by atoms with Gasteiger partial charge in [-0.1, -0.05) is 11.8 Å². The van der Waals surface area contributed by atoms with Crippen LogP contribution in [0.4, 0.5) is 21.8 Å². The lowest BCUT2D eigenvalue weighted by molar-refractivity contribution is -0.122. The lowest BCUT2D eigenvalue weighted by Crippen LogP contribution is -2.40. The molecule has 1 saturated heterocycles. The van der Waals surface area contributed by atoms with Gasteiger partial charge in [-0.25, -0.2) is 9.37 Å². The summed E-state index contributed by atoms with van der Waals surface area (Å²) in [4.78, 5) is 20.6. The van der Waals surface area contributed by atoms with E-state index >= 15 is 0 Å². The van der Waals surface area contributed by atoms with Crippen LogP contribution in [0.25, 0.3) is 0 Å². The van der Waals surface area contributed by atoms with Gasteiger partial charge in [0, 0.05) is 32.2 Å². The third-order valence-electron chi connectivity index (χ3n) is 4.55. The molecule has 1 amide bonds. The summed E-state index contributed by atoms with van der Waals surface area (Å²) in [5, 5.41) is 21.3. The molecule has 0 radical (unpaired) electrons. The standard InChI is InChI=1S/C21H25FN6O2/c1-23-19-14(12-26-21(28-19)27-16-8-6-15(22)7-9-16)5-3-2-4-10-24-20(30)18-11-17(29)13-25-18/h6-9,12,17-18,25,29H,2,4,10-11,13H2,1H3,(H,24,30)(H2,23,26,27,28)/t17-,18-/m0/s1. The van der Waals surface area contributed by atoms with Crippen molar-refractivity contribution in [2.45, 2.75) is 31.4 Å². The fourth-order valence-corrected chi connectivity index (χ4v) is 2.97. The maximum Gasteiger partial charge on any atom is 0.237 e. The molecule has 1 aromatic carbocycles. The van der Waals surface area contributed by atoms with Crippen LogP contribution < -0.4 is 21.3 Å². The first kappa shape index (κ1) is 21.5. The number of carbonyl (C=O) groups excluding carboxylic acids is 1. The van der Waals surface area contributed by atoms with E-state index in [1.54, 1.807) is 25.4 Å². The molecule has 0 saturated carbocycles. The molecule has 5 N–H and O–H groups in total. The average Bonchev–Trinajstić information content (AvgIpc) is 3.19. The van der Waals surface area contributed by atoms with Gasteiger partial charge in [0.05, 0.1) is 23.9 Å². The first-order chi connectivity index (χ1) is 14.5. The van der Waals surface area contributed by atoms with Crippen LogP contribution in [-0.4, -0.2) is 53.3 Å². The van der Waals surface area contributed by atoms with E-state index in [0.29, 0.717) is 55.4 Å². The number of β-amino-alcohol motifs (C(OH)–C–C–N with tert-alkyl or cyclic N) is 1. The van der Waals surface area contributed by atoms with Crippen LogP contribution in [0.3, 0.4) is 0 Å². The number of aromatic nitrogens is 2. The Bertz CT molecular complexity index is 925. The van der Waals surface area contributed by atoms with Gasteiger partial charge >= 0.3 is 0 Å². The summed E-state index contributed by atoms with van der Waals surface area (Å²) >= 11 is 0. The molecule has 30 heavy (non-hydrogen) atoms. The highest BCUT2D eigenvalue weighted by atomic mass is 19.1. The van der Waals surface area contributed by atoms with Crippen molar-refractivity contribution < 1.29 is 14.3 Å². The minimum Gasteiger partial charge on any atom is -0.392 e. The number of hydrogen-bond acceptors (Lipinski definition) is 7. The molecule has 1 aliphatic rings. The maximum absolute atomic E-state index is 13.0. The summed E-state index contributed by atoms with van der Waals surface area (Å²) in [6, 6.07) is 5.61. The van der Waals surface area contributed by atoms with Gasteiger partial charge < -0.3 is 26.4 Å². The summed E-state index contributed by atoms with van der Waals surface area (Å²) in [6.07, 6.45) is 2.95. The molecule has 2 atom stereocenters. The van der Waals surface area contributed by atoms with E-state index in [4.69, 9.17) is 0 Å². The van der Waals surface area contributed by atoms with Crippen molar-refractivity contribution in [2.75, 3.05) is 30.8 Å². The molecule has 0 spiro atoms. The number of unbranched alkanes of at least 4 members (excludes halogenated alkanes) is 1. The number of nitrogens with one attached hydrogen (secondary N) is 4. The maximum atomic E-state index is 13.0. The van der Waals surface area contributed by atoms with Crippen LogP contribution in [0.5, 0.6) is 0 Å². The summed E-state index contributed by atoms with van der Waals surface area (Å²) < 4.78 is 13.0. The highest BCUT2D eigenvalue weighted by Gasteiger charge is 2.27. The van der Waals surface area contributed by atoms with E-state index in [-0.39, 0.29) is 17.8 Å². The first-order valence-electron chi connectivity index (χ1n) is 9.80. The minimum atomic E-state index is -0.451. The second-order valence-electron chi connectivity index (χ2n) is 6.88. The van der Waals surface area contributed by atoms with Gasteiger partial charge in [-0.3, -0.25) is 4.79 Å². The monoisotopic (exact) mass is 412 g/mol. The largest absolute Gasteiger partial charge is 0.392 e. The Balaban J connectivity index is 1.47. The second-order valence-corrected chi connectivity index (χ2v) is 6.88. The fraction of sp³-hybridized carbons (Fsp3) is 0.381. The highest BCUT2D eigenvalue weighted by Crippen LogP contribution is 2.17. The molecular formula is C21H25FN6O2. The third-order valence-corrected chi connectivity index (χ3v) is 4.55. The third kappa shape index (κ3) is 6.14. The van der Waals surface area contributed by atoms with Crippen LogP contribution in [-0.2, 0) is 4.79 Å². The molecule has 158 valence electrons. The molecule has 9 heteroatoms. The van der Waals surface area contributed by atoms with Crippen LogP contribution in [0, 0.1) is 17.7 Å². The predicted octanol–water partition coefficient (Wildman–Crippen LogP) is 1.37. The molecule has 2 aromatic rings. The average molecular weight is 412 g/mol. The molecule has 2 heterocycles. The normalized spacial score (nSPS) is 17.7. The van der Waals surface area contributed by atoms with Crippen molar-refractivity contribution in [3.8, 4) is 11.8 Å². The summed E-state index contributed by atoms with van der Waals surface area (Å²) in [5.41, 5.74) is 1.34. The second kappa shape index (κ2) is 10.5. The molecule has 1 aromatic heterocycles. The number of anilines is 3. The number of aliphatic hydroxyl groups excluding tert-OH is 1. The van der Waals surface area contributed by atoms with E-state index in [1.807, 2.05) is 0 Å². The predicted molar refractivity (Wildman–Crippen MR) is 113 cm³/mol. The molecule has 8 nitrogen and oxygen atoms in total. The smallest absolute Gasteiger partial charge is 0.237 e. The van der Waals surface area contributed by atoms with E-state index in [2.05, 4.69) is 43.1 Å². The van der Waals surface area contributed by atoms with Crippen molar-refractivity contribution in [1.82, 2.24) is 20.6 Å². The first-order valence-corrected chi connectivity index (χ1v) is 9.80. The lowest BCUT2D eigenvalue weighted by atomic mass is 10.2. The van der Waals surface area contributed by atoms with Crippen molar-refractivity contribution in [2.24, 2.45) is 0 Å². The van der Waals surface area contributed by atoms with Gasteiger partial charge in [-0.15, -0.1) is 0 Å². The Labute approximate surface area is 174 Å². The van der Waals surface area contributed by atoms with E-state index < -0.39 is 6.10 Å². The number of rotatable bonds is 7. The van der Waals surface area contributed by atoms with Crippen molar-refractivity contribution in [3.05, 3.63) is 41.8 Å². The zero-order chi connectivity index (χ0) is 21.3. The number of amides is 1. The lowest BCUT2D eigenvalue weighted by Gasteiger charge is -2.10. The summed E-state index contributed by atoms with van der Waals surface area (Å²) in [7, 11) is 1.75. The van der Waals surface area contributed by atoms with Crippen LogP contribution in [0.2, 0.25) is 0 Å². The zero-order valence-corrected chi connectivity index (χ0v) is 16.7. The number of nitrogens with zero attached hydrogens (tertiary/aromatic N) is 2. The van der Waals surface area contributed by atoms with Crippen molar-refractivity contribution in [1.29, 1.82) is 0 Å². The Morgan fingerprint density at radius 3 is 2.87 bits per heavy atom. The number of aliphatic hydroxyl groups is 1. The van der Waals surface area contributed by atoms with Crippen LogP contribution in [0.15, 0.2) is 30.5 Å². The summed E-state index contributed by atoms with van der Waals surface area (Å²) in [6.45, 7) is 0.981. The Kier molecular flexibility index (Phi) is 7.54. The zero-order valence-electron chi connectivity index (χ0n) is 16.7. The quantitative estimate of drug-likeness (QED) is 0.345. The van der Waals surface area contributed by atoms with Gasteiger partial charge in [0.1, 0.15) is 11.6 Å². The summed E-state index contributed by atoms with van der Waals surface area (Å²) in [5.74, 6) is 6.67. The van der Waals surface area contributed by atoms with Gasteiger partial charge in [-0.2, -0.15) is 4.98 Å². The van der Waals surface area contributed by atoms with E-state index in [1.165, 1.54) is 12.1 Å². The Morgan fingerprint density at radius 1 is 1.37 bits per heavy atom. The molecule has 0 bridgehead atoms. The van der Waals surface area contributed by atoms with Gasteiger partial charge in [-0.05, 0) is 37.1 Å². The van der Waals surface area contributed by atoms with E-state index in [9.17, 15) is 14.3 Å². The van der Waals surface area contributed by atoms with E-state index in [0.717, 1.165) is 0 Å². The SMILES string of the molecule is CNc1nc(Nc2ccc(F)cc2)ncc1C#CCCCNC(=O)[C@@H]1C[C@H](O)CN1. The number of benzene rings is 1. The number of halogens is 1. The Hall–Kier alpha value is -3.22. The van der Waals surface area contributed by atoms with Crippen molar-refractivity contribution >= 4 is 23.4 Å². The molecular weight excluding hydrogens is 387 g/mol. The molecule has 1 aliphatic heterocycles. The minimum absolute atomic E-state index is 0.0883. The molecule has 0 aliphatic carbocycles. The highest BCUT2D eigenvalue weighted by molar-refractivity contribution is 5.82. The topological polar surface area (TPSA) is 111 Å². The van der Waals surface area contributed by atoms with Gasteiger partial charge in [0.2, 0.25) is 11.9 Å². The van der Waals surface area contributed by atoms with Crippen LogP contribution >= 0.6 is 0 Å². The number of hydrogen-bond donors (Lipinski definition) is 5. The molecule has 0 unspecified atom stereocenters. The van der Waals surface area contributed by atoms with Crippen molar-refractivity contribution in [3.63, 3.8) is 0 Å².